The van der Waals surface area contributed by atoms with Crippen LogP contribution in [0.15, 0.2) is 28.3 Å². The van der Waals surface area contributed by atoms with Gasteiger partial charge in [0.15, 0.2) is 0 Å². The fourth-order valence-corrected chi connectivity index (χ4v) is 3.21. The molecule has 20 heavy (non-hydrogen) atoms. The van der Waals surface area contributed by atoms with Crippen molar-refractivity contribution in [3.05, 3.63) is 45.1 Å². The fourth-order valence-electron chi connectivity index (χ4n) is 2.52. The molecule has 1 atom stereocenters. The van der Waals surface area contributed by atoms with Crippen LogP contribution in [-0.2, 0) is 6.42 Å². The first-order valence-corrected chi connectivity index (χ1v) is 7.37. The minimum Gasteiger partial charge on any atom is -0.420 e. The first kappa shape index (κ1) is 12.8. The lowest BCUT2D eigenvalue weighted by atomic mass is 9.85. The van der Waals surface area contributed by atoms with E-state index in [9.17, 15) is 5.26 Å². The molecular formula is C14H14N4OS. The van der Waals surface area contributed by atoms with E-state index in [0.29, 0.717) is 11.5 Å². The maximum Gasteiger partial charge on any atom is 0.244 e. The Labute approximate surface area is 120 Å². The number of H-pyrrole nitrogens is 1. The molecule has 0 aromatic carbocycles. The second-order valence-electron chi connectivity index (χ2n) is 4.65. The highest BCUT2D eigenvalue weighted by molar-refractivity contribution is 7.08. The molecule has 0 radical (unpaired) electrons. The first-order valence-electron chi connectivity index (χ1n) is 6.43. The van der Waals surface area contributed by atoms with Crippen LogP contribution in [0.2, 0.25) is 0 Å². The van der Waals surface area contributed by atoms with Gasteiger partial charge >= 0.3 is 0 Å². The summed E-state index contributed by atoms with van der Waals surface area (Å²) in [7, 11) is 0. The van der Waals surface area contributed by atoms with Crippen molar-refractivity contribution in [2.75, 3.05) is 0 Å². The van der Waals surface area contributed by atoms with Crippen molar-refractivity contribution in [3.63, 3.8) is 0 Å². The van der Waals surface area contributed by atoms with Crippen LogP contribution >= 0.6 is 11.3 Å². The van der Waals surface area contributed by atoms with Crippen LogP contribution in [0.3, 0.4) is 0 Å². The van der Waals surface area contributed by atoms with E-state index < -0.39 is 0 Å². The second-order valence-corrected chi connectivity index (χ2v) is 5.43. The number of fused-ring (bicyclic) bond motifs is 1. The van der Waals surface area contributed by atoms with Gasteiger partial charge in [-0.25, -0.2) is 0 Å². The largest absolute Gasteiger partial charge is 0.420 e. The van der Waals surface area contributed by atoms with E-state index >= 15 is 0 Å². The summed E-state index contributed by atoms with van der Waals surface area (Å²) in [5.74, 6) is 0.446. The Balaban J connectivity index is 2.19. The molecule has 0 fully saturated rings. The predicted molar refractivity (Wildman–Crippen MR) is 76.2 cm³/mol. The van der Waals surface area contributed by atoms with Crippen molar-refractivity contribution in [2.45, 2.75) is 25.7 Å². The molecule has 1 aliphatic rings. The van der Waals surface area contributed by atoms with Gasteiger partial charge in [0.2, 0.25) is 11.8 Å². The average molecular weight is 286 g/mol. The number of thiophene rings is 1. The molecule has 0 saturated heterocycles. The maximum absolute atomic E-state index is 9.42. The standard InChI is InChI=1S/C14H14N4OS/c1-2-3-10-12-11(8-4-5-20-7-8)9(6-15)13(16)19-14(12)18-17-10/h4-5,7,11H,2-3,16H2,1H3,(H,17,18)/t11-/m0/s1. The van der Waals surface area contributed by atoms with Gasteiger partial charge in [0.05, 0.1) is 5.92 Å². The number of allylic oxidation sites excluding steroid dienone is 1. The number of aromatic nitrogens is 2. The van der Waals surface area contributed by atoms with Crippen LogP contribution in [-0.4, -0.2) is 10.2 Å². The monoisotopic (exact) mass is 286 g/mol. The molecule has 0 aliphatic carbocycles. The molecular weight excluding hydrogens is 272 g/mol. The summed E-state index contributed by atoms with van der Waals surface area (Å²) in [4.78, 5) is 0. The number of nitrogens with zero attached hydrogens (tertiary/aromatic N) is 2. The van der Waals surface area contributed by atoms with Crippen LogP contribution in [0.5, 0.6) is 5.88 Å². The molecule has 0 amide bonds. The highest BCUT2D eigenvalue weighted by Gasteiger charge is 2.34. The summed E-state index contributed by atoms with van der Waals surface area (Å²) in [6.07, 6.45) is 1.86. The molecule has 5 nitrogen and oxygen atoms in total. The van der Waals surface area contributed by atoms with Crippen LogP contribution in [0.1, 0.15) is 36.1 Å². The molecule has 2 aromatic heterocycles. The Morgan fingerprint density at radius 1 is 1.60 bits per heavy atom. The molecule has 3 rings (SSSR count). The lowest BCUT2D eigenvalue weighted by Gasteiger charge is -2.23. The molecule has 6 heteroatoms. The third-order valence-corrected chi connectivity index (χ3v) is 4.10. The number of nitrogens with two attached hydrogens (primary N) is 1. The normalized spacial score (nSPS) is 17.5. The number of nitriles is 1. The van der Waals surface area contributed by atoms with Crippen molar-refractivity contribution in [1.82, 2.24) is 10.2 Å². The predicted octanol–water partition coefficient (Wildman–Crippen LogP) is 2.64. The molecule has 3 N–H and O–H groups in total. The van der Waals surface area contributed by atoms with E-state index in [0.717, 1.165) is 29.7 Å². The van der Waals surface area contributed by atoms with Crippen molar-refractivity contribution < 1.29 is 4.74 Å². The minimum atomic E-state index is -0.185. The summed E-state index contributed by atoms with van der Waals surface area (Å²) in [6, 6.07) is 4.20. The van der Waals surface area contributed by atoms with Gasteiger partial charge in [0, 0.05) is 11.3 Å². The zero-order valence-electron chi connectivity index (χ0n) is 11.0. The SMILES string of the molecule is CCCc1[nH]nc2c1[C@@H](c1ccsc1)C(C#N)=C(N)O2. The summed E-state index contributed by atoms with van der Waals surface area (Å²) < 4.78 is 5.49. The quantitative estimate of drug-likeness (QED) is 0.908. The lowest BCUT2D eigenvalue weighted by Crippen LogP contribution is -2.21. The van der Waals surface area contributed by atoms with Gasteiger partial charge in [-0.2, -0.15) is 16.6 Å². The smallest absolute Gasteiger partial charge is 0.244 e. The summed E-state index contributed by atoms with van der Waals surface area (Å²) >= 11 is 1.60. The molecule has 0 saturated carbocycles. The highest BCUT2D eigenvalue weighted by Crippen LogP contribution is 2.43. The van der Waals surface area contributed by atoms with E-state index in [4.69, 9.17) is 10.5 Å². The number of nitrogens with one attached hydrogen (secondary N) is 1. The van der Waals surface area contributed by atoms with Crippen molar-refractivity contribution in [1.29, 1.82) is 5.26 Å². The third kappa shape index (κ3) is 1.87. The average Bonchev–Trinajstić information content (AvgIpc) is 3.08. The van der Waals surface area contributed by atoms with E-state index in [1.54, 1.807) is 11.3 Å². The molecule has 0 bridgehead atoms. The van der Waals surface area contributed by atoms with E-state index in [1.165, 1.54) is 0 Å². The van der Waals surface area contributed by atoms with E-state index in [-0.39, 0.29) is 11.8 Å². The Hall–Kier alpha value is -2.26. The van der Waals surface area contributed by atoms with E-state index in [2.05, 4.69) is 23.2 Å². The van der Waals surface area contributed by atoms with Crippen LogP contribution in [0.4, 0.5) is 0 Å². The van der Waals surface area contributed by atoms with Crippen LogP contribution in [0.25, 0.3) is 0 Å². The summed E-state index contributed by atoms with van der Waals surface area (Å²) in [6.45, 7) is 2.10. The van der Waals surface area contributed by atoms with Gasteiger partial charge in [-0.05, 0) is 28.8 Å². The lowest BCUT2D eigenvalue weighted by molar-refractivity contribution is 0.379. The first-order chi connectivity index (χ1) is 9.76. The molecule has 0 spiro atoms. The molecule has 0 unspecified atom stereocenters. The van der Waals surface area contributed by atoms with Crippen molar-refractivity contribution >= 4 is 11.3 Å². The summed E-state index contributed by atoms with van der Waals surface area (Å²) in [5, 5.41) is 20.6. The molecule has 1 aliphatic heterocycles. The molecule has 2 aromatic rings. The molecule has 102 valence electrons. The number of ether oxygens (including phenoxy) is 1. The van der Waals surface area contributed by atoms with Crippen LogP contribution < -0.4 is 10.5 Å². The van der Waals surface area contributed by atoms with Crippen molar-refractivity contribution in [2.24, 2.45) is 5.73 Å². The number of aryl methyl sites for hydroxylation is 1. The molecule has 3 heterocycles. The van der Waals surface area contributed by atoms with Gasteiger partial charge in [0.1, 0.15) is 11.6 Å². The third-order valence-electron chi connectivity index (χ3n) is 3.39. The second kappa shape index (κ2) is 5.02. The van der Waals surface area contributed by atoms with Crippen molar-refractivity contribution in [3.8, 4) is 11.9 Å². The highest BCUT2D eigenvalue weighted by atomic mass is 32.1. The van der Waals surface area contributed by atoms with Gasteiger partial charge in [-0.15, -0.1) is 5.10 Å². The Kier molecular flexibility index (Phi) is 3.20. The van der Waals surface area contributed by atoms with Gasteiger partial charge in [-0.3, -0.25) is 5.10 Å². The number of hydrogen-bond acceptors (Lipinski definition) is 5. The number of aromatic amines is 1. The number of hydrogen-bond donors (Lipinski definition) is 2. The Morgan fingerprint density at radius 2 is 2.45 bits per heavy atom. The van der Waals surface area contributed by atoms with Gasteiger partial charge in [0.25, 0.3) is 0 Å². The number of rotatable bonds is 3. The zero-order valence-corrected chi connectivity index (χ0v) is 11.8. The Bertz CT molecular complexity index is 693. The topological polar surface area (TPSA) is 87.7 Å². The van der Waals surface area contributed by atoms with Gasteiger partial charge < -0.3 is 10.5 Å². The van der Waals surface area contributed by atoms with Crippen LogP contribution in [0, 0.1) is 11.3 Å². The minimum absolute atomic E-state index is 0.144. The zero-order chi connectivity index (χ0) is 14.1. The summed E-state index contributed by atoms with van der Waals surface area (Å²) in [5.41, 5.74) is 9.33. The van der Waals surface area contributed by atoms with E-state index in [1.807, 2.05) is 16.8 Å². The fraction of sp³-hybridized carbons (Fsp3) is 0.286. The maximum atomic E-state index is 9.42. The Morgan fingerprint density at radius 3 is 3.10 bits per heavy atom. The van der Waals surface area contributed by atoms with Gasteiger partial charge in [-0.1, -0.05) is 13.3 Å².